The Balaban J connectivity index is 1.66. The molecule has 2 amide bonds. The van der Waals surface area contributed by atoms with Gasteiger partial charge in [-0.15, -0.1) is 0 Å². The summed E-state index contributed by atoms with van der Waals surface area (Å²) in [5.74, 6) is 0.672. The number of ether oxygens (including phenoxy) is 2. The molecule has 0 saturated heterocycles. The lowest BCUT2D eigenvalue weighted by Gasteiger charge is -2.28. The zero-order valence-electron chi connectivity index (χ0n) is 14.6. The number of amides is 2. The number of hydrogen-bond acceptors (Lipinski definition) is 5. The lowest BCUT2D eigenvalue weighted by Crippen LogP contribution is -2.44. The maximum Gasteiger partial charge on any atom is 0.265 e. The van der Waals surface area contributed by atoms with Gasteiger partial charge in [-0.2, -0.15) is 5.10 Å². The van der Waals surface area contributed by atoms with Gasteiger partial charge in [-0.25, -0.2) is 5.43 Å². The summed E-state index contributed by atoms with van der Waals surface area (Å²) in [7, 11) is 1.60. The second kappa shape index (κ2) is 7.69. The van der Waals surface area contributed by atoms with Gasteiger partial charge in [0.15, 0.2) is 6.61 Å². The maximum absolute atomic E-state index is 12.2. The van der Waals surface area contributed by atoms with Crippen molar-refractivity contribution in [3.63, 3.8) is 0 Å². The molecule has 0 saturated carbocycles. The van der Waals surface area contributed by atoms with Gasteiger partial charge in [0.05, 0.1) is 18.5 Å². The molecule has 1 aliphatic rings. The highest BCUT2D eigenvalue weighted by Gasteiger charge is 2.26. The average Bonchev–Trinajstić information content (AvgIpc) is 2.68. The molecule has 0 aliphatic carbocycles. The molecule has 0 atom stereocenters. The van der Waals surface area contributed by atoms with Crippen LogP contribution < -0.4 is 19.8 Å². The molecule has 134 valence electrons. The van der Waals surface area contributed by atoms with Crippen LogP contribution >= 0.6 is 0 Å². The van der Waals surface area contributed by atoms with Crippen LogP contribution in [0.2, 0.25) is 0 Å². The Hall–Kier alpha value is -3.35. The van der Waals surface area contributed by atoms with E-state index in [1.807, 2.05) is 30.3 Å². The van der Waals surface area contributed by atoms with Crippen molar-refractivity contribution < 1.29 is 19.1 Å². The van der Waals surface area contributed by atoms with Crippen LogP contribution in [-0.4, -0.2) is 37.8 Å². The van der Waals surface area contributed by atoms with Gasteiger partial charge in [0, 0.05) is 0 Å². The number of rotatable bonds is 5. The predicted octanol–water partition coefficient (Wildman–Crippen LogP) is 1.96. The van der Waals surface area contributed by atoms with Gasteiger partial charge in [0.1, 0.15) is 18.0 Å². The van der Waals surface area contributed by atoms with E-state index in [0.717, 1.165) is 11.3 Å². The second-order valence-corrected chi connectivity index (χ2v) is 5.70. The van der Waals surface area contributed by atoms with E-state index in [2.05, 4.69) is 10.5 Å². The van der Waals surface area contributed by atoms with E-state index in [4.69, 9.17) is 9.47 Å². The van der Waals surface area contributed by atoms with Crippen molar-refractivity contribution in [3.05, 3.63) is 54.1 Å². The minimum absolute atomic E-state index is 0.0849. The molecule has 1 N–H and O–H groups in total. The fourth-order valence-corrected chi connectivity index (χ4v) is 2.55. The molecule has 3 rings (SSSR count). The van der Waals surface area contributed by atoms with Crippen LogP contribution in [0.5, 0.6) is 11.5 Å². The molecule has 0 fully saturated rings. The van der Waals surface area contributed by atoms with E-state index in [1.54, 1.807) is 32.2 Å². The fraction of sp³-hybridized carbons (Fsp3) is 0.211. The first-order chi connectivity index (χ1) is 12.6. The molecular weight excluding hydrogens is 334 g/mol. The van der Waals surface area contributed by atoms with Gasteiger partial charge in [0.2, 0.25) is 0 Å². The molecule has 0 unspecified atom stereocenters. The molecule has 0 radical (unpaired) electrons. The Morgan fingerprint density at radius 3 is 2.69 bits per heavy atom. The number of para-hydroxylation sites is 2. The van der Waals surface area contributed by atoms with Gasteiger partial charge in [-0.05, 0) is 48.9 Å². The number of anilines is 1. The summed E-state index contributed by atoms with van der Waals surface area (Å²) < 4.78 is 10.5. The van der Waals surface area contributed by atoms with Crippen LogP contribution in [0, 0.1) is 0 Å². The van der Waals surface area contributed by atoms with E-state index in [-0.39, 0.29) is 25.0 Å². The SMILES string of the molecule is COc1ccc(/C(C)=N\NC(=O)CN2C(=O)COc3ccccc32)cc1. The number of benzene rings is 2. The highest BCUT2D eigenvalue weighted by molar-refractivity contribution is 6.03. The third-order valence-electron chi connectivity index (χ3n) is 3.97. The van der Waals surface area contributed by atoms with Gasteiger partial charge >= 0.3 is 0 Å². The highest BCUT2D eigenvalue weighted by Crippen LogP contribution is 2.31. The summed E-state index contributed by atoms with van der Waals surface area (Å²) in [5.41, 5.74) is 4.58. The van der Waals surface area contributed by atoms with Crippen molar-refractivity contribution in [1.29, 1.82) is 0 Å². The Morgan fingerprint density at radius 2 is 1.96 bits per heavy atom. The monoisotopic (exact) mass is 353 g/mol. The van der Waals surface area contributed by atoms with E-state index < -0.39 is 0 Å². The van der Waals surface area contributed by atoms with Crippen LogP contribution in [0.4, 0.5) is 5.69 Å². The van der Waals surface area contributed by atoms with Gasteiger partial charge in [0.25, 0.3) is 11.8 Å². The van der Waals surface area contributed by atoms with Gasteiger partial charge in [-0.3, -0.25) is 14.5 Å². The van der Waals surface area contributed by atoms with E-state index in [1.165, 1.54) is 4.90 Å². The molecule has 2 aromatic carbocycles. The zero-order chi connectivity index (χ0) is 18.5. The lowest BCUT2D eigenvalue weighted by molar-refractivity contribution is -0.125. The van der Waals surface area contributed by atoms with Gasteiger partial charge < -0.3 is 9.47 Å². The molecule has 7 heteroatoms. The molecule has 7 nitrogen and oxygen atoms in total. The number of fused-ring (bicyclic) bond motifs is 1. The maximum atomic E-state index is 12.2. The van der Waals surface area contributed by atoms with Crippen molar-refractivity contribution in [1.82, 2.24) is 5.43 Å². The Kier molecular flexibility index (Phi) is 5.17. The lowest BCUT2D eigenvalue weighted by atomic mass is 10.1. The molecule has 1 heterocycles. The summed E-state index contributed by atoms with van der Waals surface area (Å²) in [6.45, 7) is 1.58. The van der Waals surface area contributed by atoms with E-state index in [9.17, 15) is 9.59 Å². The first-order valence-corrected chi connectivity index (χ1v) is 8.08. The van der Waals surface area contributed by atoms with Crippen LogP contribution in [0.25, 0.3) is 0 Å². The summed E-state index contributed by atoms with van der Waals surface area (Å²) in [6, 6.07) is 14.5. The first kappa shape index (κ1) is 17.5. The molecule has 0 aromatic heterocycles. The average molecular weight is 353 g/mol. The normalized spacial score (nSPS) is 13.7. The standard InChI is InChI=1S/C19H19N3O4/c1-13(14-7-9-15(25-2)10-8-14)20-21-18(23)11-22-16-5-3-4-6-17(16)26-12-19(22)24/h3-10H,11-12H2,1-2H3,(H,21,23)/b20-13-. The summed E-state index contributed by atoms with van der Waals surface area (Å²) in [5, 5.41) is 4.10. The molecule has 0 bridgehead atoms. The topological polar surface area (TPSA) is 80.2 Å². The van der Waals surface area contributed by atoms with Crippen molar-refractivity contribution in [3.8, 4) is 11.5 Å². The zero-order valence-corrected chi connectivity index (χ0v) is 14.6. The Morgan fingerprint density at radius 1 is 1.23 bits per heavy atom. The predicted molar refractivity (Wildman–Crippen MR) is 97.6 cm³/mol. The highest BCUT2D eigenvalue weighted by atomic mass is 16.5. The van der Waals surface area contributed by atoms with Crippen molar-refractivity contribution >= 4 is 23.2 Å². The van der Waals surface area contributed by atoms with Crippen LogP contribution in [-0.2, 0) is 9.59 Å². The number of methoxy groups -OCH3 is 1. The number of nitrogens with one attached hydrogen (secondary N) is 1. The molecular formula is C19H19N3O4. The number of carbonyl (C=O) groups excluding carboxylic acids is 2. The largest absolute Gasteiger partial charge is 0.497 e. The molecule has 2 aromatic rings. The summed E-state index contributed by atoms with van der Waals surface area (Å²) in [4.78, 5) is 25.7. The molecule has 1 aliphatic heterocycles. The van der Waals surface area contributed by atoms with E-state index >= 15 is 0 Å². The third kappa shape index (κ3) is 3.83. The second-order valence-electron chi connectivity index (χ2n) is 5.70. The minimum atomic E-state index is -0.386. The quantitative estimate of drug-likeness (QED) is 0.658. The van der Waals surface area contributed by atoms with Crippen molar-refractivity contribution in [2.45, 2.75) is 6.92 Å². The summed E-state index contributed by atoms with van der Waals surface area (Å²) in [6.07, 6.45) is 0. The molecule has 0 spiro atoms. The van der Waals surface area contributed by atoms with Crippen molar-refractivity contribution in [2.24, 2.45) is 5.10 Å². The summed E-state index contributed by atoms with van der Waals surface area (Å²) >= 11 is 0. The van der Waals surface area contributed by atoms with Crippen molar-refractivity contribution in [2.75, 3.05) is 25.2 Å². The Bertz CT molecular complexity index is 846. The number of hydrogen-bond donors (Lipinski definition) is 1. The first-order valence-electron chi connectivity index (χ1n) is 8.08. The smallest absolute Gasteiger partial charge is 0.265 e. The van der Waals surface area contributed by atoms with E-state index in [0.29, 0.717) is 17.1 Å². The van der Waals surface area contributed by atoms with Gasteiger partial charge in [-0.1, -0.05) is 12.1 Å². The fourth-order valence-electron chi connectivity index (χ4n) is 2.55. The number of hydrazone groups is 1. The van der Waals surface area contributed by atoms with Crippen LogP contribution in [0.15, 0.2) is 53.6 Å². The third-order valence-corrected chi connectivity index (χ3v) is 3.97. The number of nitrogens with zero attached hydrogens (tertiary/aromatic N) is 2. The van der Waals surface area contributed by atoms with Crippen LogP contribution in [0.3, 0.4) is 0 Å². The minimum Gasteiger partial charge on any atom is -0.497 e. The Labute approximate surface area is 151 Å². The van der Waals surface area contributed by atoms with Crippen LogP contribution in [0.1, 0.15) is 12.5 Å². The molecule has 26 heavy (non-hydrogen) atoms. The number of carbonyl (C=O) groups is 2.